The molecule has 0 aromatic carbocycles. The van der Waals surface area contributed by atoms with Gasteiger partial charge in [0, 0.05) is 6.42 Å². The number of rotatable bonds is 12. The van der Waals surface area contributed by atoms with Crippen molar-refractivity contribution in [1.82, 2.24) is 0 Å². The van der Waals surface area contributed by atoms with Gasteiger partial charge in [0.15, 0.2) is 8.32 Å². The molecule has 0 saturated carbocycles. The van der Waals surface area contributed by atoms with E-state index in [0.717, 1.165) is 12.7 Å². The van der Waals surface area contributed by atoms with Crippen LogP contribution in [0.3, 0.4) is 0 Å². The molecule has 0 saturated heterocycles. The van der Waals surface area contributed by atoms with Gasteiger partial charge in [0.1, 0.15) is 6.29 Å². The topological polar surface area (TPSA) is 26.3 Å². The van der Waals surface area contributed by atoms with Crippen molar-refractivity contribution in [2.45, 2.75) is 110 Å². The summed E-state index contributed by atoms with van der Waals surface area (Å²) < 4.78 is 6.40. The van der Waals surface area contributed by atoms with Gasteiger partial charge in [0.25, 0.3) is 0 Å². The van der Waals surface area contributed by atoms with E-state index in [1.54, 1.807) is 0 Å². The second-order valence-corrected chi connectivity index (χ2v) is 12.6. The van der Waals surface area contributed by atoms with Crippen LogP contribution in [0.25, 0.3) is 0 Å². The number of carbonyl (C=O) groups is 1. The number of hydrogen-bond donors (Lipinski definition) is 0. The molecule has 0 spiro atoms. The van der Waals surface area contributed by atoms with Crippen molar-refractivity contribution in [3.8, 4) is 0 Å². The molecule has 3 heteroatoms. The second-order valence-electron chi connectivity index (χ2n) is 7.81. The summed E-state index contributed by atoms with van der Waals surface area (Å²) in [6.07, 6.45) is 12.0. The van der Waals surface area contributed by atoms with E-state index in [-0.39, 0.29) is 11.1 Å². The summed E-state index contributed by atoms with van der Waals surface area (Å²) in [6, 6.07) is 0. The number of hydrogen-bond acceptors (Lipinski definition) is 2. The first-order chi connectivity index (χ1) is 9.74. The molecule has 0 unspecified atom stereocenters. The van der Waals surface area contributed by atoms with E-state index in [1.807, 2.05) is 0 Å². The monoisotopic (exact) mass is 314 g/mol. The Hall–Kier alpha value is -0.153. The molecule has 21 heavy (non-hydrogen) atoms. The van der Waals surface area contributed by atoms with Crippen molar-refractivity contribution in [1.29, 1.82) is 0 Å². The van der Waals surface area contributed by atoms with Crippen molar-refractivity contribution in [3.63, 3.8) is 0 Å². The van der Waals surface area contributed by atoms with Crippen LogP contribution in [0.1, 0.15) is 85.5 Å². The lowest BCUT2D eigenvalue weighted by Gasteiger charge is -2.39. The van der Waals surface area contributed by atoms with Crippen LogP contribution in [0.2, 0.25) is 18.1 Å². The van der Waals surface area contributed by atoms with Crippen LogP contribution in [0, 0.1) is 0 Å². The maximum atomic E-state index is 10.9. The molecule has 0 fully saturated rings. The zero-order valence-electron chi connectivity index (χ0n) is 15.3. The fourth-order valence-corrected chi connectivity index (χ4v) is 3.66. The lowest BCUT2D eigenvalue weighted by atomic mass is 10.1. The summed E-state index contributed by atoms with van der Waals surface area (Å²) in [5.41, 5.74) is 0. The lowest BCUT2D eigenvalue weighted by Crippen LogP contribution is -2.44. The minimum atomic E-state index is -1.75. The molecule has 0 radical (unpaired) electrons. The Labute approximate surface area is 134 Å². The summed E-state index contributed by atoms with van der Waals surface area (Å²) in [6.45, 7) is 13.6. The van der Waals surface area contributed by atoms with Gasteiger partial charge >= 0.3 is 0 Å². The van der Waals surface area contributed by atoms with Gasteiger partial charge in [-0.05, 0) is 24.6 Å². The summed E-state index contributed by atoms with van der Waals surface area (Å²) in [5, 5.41) is 0.217. The van der Waals surface area contributed by atoms with Gasteiger partial charge in [0.05, 0.1) is 6.10 Å². The molecular formula is C18H38O2Si. The average molecular weight is 315 g/mol. The van der Waals surface area contributed by atoms with Crippen molar-refractivity contribution in [2.24, 2.45) is 0 Å². The number of carbonyl (C=O) groups excluding carboxylic acids is 1. The van der Waals surface area contributed by atoms with E-state index in [2.05, 4.69) is 40.8 Å². The smallest absolute Gasteiger partial charge is 0.192 e. The van der Waals surface area contributed by atoms with Gasteiger partial charge in [-0.2, -0.15) is 0 Å². The molecule has 0 heterocycles. The molecule has 0 N–H and O–H groups in total. The average Bonchev–Trinajstić information content (AvgIpc) is 2.36. The highest BCUT2D eigenvalue weighted by atomic mass is 28.4. The van der Waals surface area contributed by atoms with Gasteiger partial charge in [-0.1, -0.05) is 72.6 Å². The van der Waals surface area contributed by atoms with Gasteiger partial charge in [-0.15, -0.1) is 0 Å². The summed E-state index contributed by atoms with van der Waals surface area (Å²) in [4.78, 5) is 10.9. The van der Waals surface area contributed by atoms with Gasteiger partial charge in [-0.25, -0.2) is 0 Å². The van der Waals surface area contributed by atoms with Crippen LogP contribution in [-0.4, -0.2) is 20.7 Å². The zero-order chi connectivity index (χ0) is 16.4. The van der Waals surface area contributed by atoms with E-state index >= 15 is 0 Å². The van der Waals surface area contributed by atoms with E-state index < -0.39 is 8.32 Å². The van der Waals surface area contributed by atoms with Crippen LogP contribution in [-0.2, 0) is 9.22 Å². The highest BCUT2D eigenvalue weighted by molar-refractivity contribution is 6.74. The van der Waals surface area contributed by atoms with E-state index in [9.17, 15) is 4.79 Å². The fourth-order valence-electron chi connectivity index (χ4n) is 2.25. The summed E-state index contributed by atoms with van der Waals surface area (Å²) in [7, 11) is -1.75. The summed E-state index contributed by atoms with van der Waals surface area (Å²) in [5.74, 6) is 0. The van der Waals surface area contributed by atoms with Crippen molar-refractivity contribution < 1.29 is 9.22 Å². The third-order valence-corrected chi connectivity index (χ3v) is 9.29. The first kappa shape index (κ1) is 20.8. The van der Waals surface area contributed by atoms with Crippen LogP contribution in [0.15, 0.2) is 0 Å². The molecule has 0 aliphatic rings. The van der Waals surface area contributed by atoms with Gasteiger partial charge in [-0.3, -0.25) is 0 Å². The Morgan fingerprint density at radius 1 is 1.00 bits per heavy atom. The van der Waals surface area contributed by atoms with E-state index in [1.165, 1.54) is 44.9 Å². The zero-order valence-corrected chi connectivity index (χ0v) is 16.3. The van der Waals surface area contributed by atoms with E-state index in [4.69, 9.17) is 4.43 Å². The normalized spacial score (nSPS) is 14.2. The molecule has 1 atom stereocenters. The molecule has 0 aliphatic heterocycles. The molecule has 0 aliphatic carbocycles. The molecule has 0 aromatic heterocycles. The van der Waals surface area contributed by atoms with Crippen LogP contribution < -0.4 is 0 Å². The third kappa shape index (κ3) is 9.46. The van der Waals surface area contributed by atoms with Crippen molar-refractivity contribution >= 4 is 14.6 Å². The molecule has 0 bridgehead atoms. The molecule has 0 aromatic rings. The number of aldehydes is 1. The maximum absolute atomic E-state index is 10.9. The second kappa shape index (κ2) is 10.6. The molecule has 126 valence electrons. The SMILES string of the molecule is CCCCCCCCC[C@H](CC=O)O[Si](C)(C)C(C)(C)C. The first-order valence-electron chi connectivity index (χ1n) is 8.86. The Morgan fingerprint density at radius 2 is 1.52 bits per heavy atom. The van der Waals surface area contributed by atoms with Crippen LogP contribution in [0.4, 0.5) is 0 Å². The molecular weight excluding hydrogens is 276 g/mol. The predicted octanol–water partition coefficient (Wildman–Crippen LogP) is 6.11. The maximum Gasteiger partial charge on any atom is 0.192 e. The highest BCUT2D eigenvalue weighted by Gasteiger charge is 2.38. The van der Waals surface area contributed by atoms with Crippen molar-refractivity contribution in [3.05, 3.63) is 0 Å². The number of unbranched alkanes of at least 4 members (excludes halogenated alkanes) is 6. The molecule has 2 nitrogen and oxygen atoms in total. The highest BCUT2D eigenvalue weighted by Crippen LogP contribution is 2.38. The van der Waals surface area contributed by atoms with Gasteiger partial charge < -0.3 is 9.22 Å². The fraction of sp³-hybridized carbons (Fsp3) is 0.944. The van der Waals surface area contributed by atoms with E-state index in [0.29, 0.717) is 6.42 Å². The minimum absolute atomic E-state index is 0.138. The Kier molecular flexibility index (Phi) is 10.5. The Bertz CT molecular complexity index is 269. The largest absolute Gasteiger partial charge is 0.414 e. The quantitative estimate of drug-likeness (QED) is 0.247. The third-order valence-electron chi connectivity index (χ3n) is 4.76. The summed E-state index contributed by atoms with van der Waals surface area (Å²) >= 11 is 0. The molecule has 0 amide bonds. The minimum Gasteiger partial charge on any atom is -0.414 e. The standard InChI is InChI=1S/C18H38O2Si/c1-7-8-9-10-11-12-13-14-17(15-16-19)20-21(5,6)18(2,3)4/h16-17H,7-15H2,1-6H3/t17-/m1/s1. The van der Waals surface area contributed by atoms with Crippen LogP contribution in [0.5, 0.6) is 0 Å². The Balaban J connectivity index is 4.06. The van der Waals surface area contributed by atoms with Gasteiger partial charge in [0.2, 0.25) is 0 Å². The van der Waals surface area contributed by atoms with Crippen LogP contribution >= 0.6 is 0 Å². The lowest BCUT2D eigenvalue weighted by molar-refractivity contribution is -0.109. The first-order valence-corrected chi connectivity index (χ1v) is 11.8. The predicted molar refractivity (Wildman–Crippen MR) is 95.4 cm³/mol. The Morgan fingerprint density at radius 3 is 2.00 bits per heavy atom. The van der Waals surface area contributed by atoms with Crippen molar-refractivity contribution in [2.75, 3.05) is 0 Å². The molecule has 0 rings (SSSR count).